The first-order chi connectivity index (χ1) is 13.7. The Morgan fingerprint density at radius 1 is 1.21 bits per heavy atom. The van der Waals surface area contributed by atoms with Crippen LogP contribution < -0.4 is 10.6 Å². The minimum Gasteiger partial charge on any atom is -0.464 e. The highest BCUT2D eigenvalue weighted by atomic mass is 16.6. The van der Waals surface area contributed by atoms with E-state index >= 15 is 0 Å². The summed E-state index contributed by atoms with van der Waals surface area (Å²) >= 11 is 0. The quantitative estimate of drug-likeness (QED) is 0.626. The van der Waals surface area contributed by atoms with Gasteiger partial charge in [0.2, 0.25) is 11.8 Å². The lowest BCUT2D eigenvalue weighted by Gasteiger charge is -2.20. The second kappa shape index (κ2) is 6.92. The van der Waals surface area contributed by atoms with Gasteiger partial charge in [-0.1, -0.05) is 12.1 Å². The predicted molar refractivity (Wildman–Crippen MR) is 109 cm³/mol. The molecule has 0 radical (unpaired) electrons. The Balaban J connectivity index is 1.71. The van der Waals surface area contributed by atoms with E-state index < -0.39 is 17.6 Å². The van der Waals surface area contributed by atoms with E-state index in [2.05, 4.69) is 10.6 Å². The van der Waals surface area contributed by atoms with Crippen LogP contribution in [0.1, 0.15) is 45.1 Å². The molecule has 1 saturated heterocycles. The largest absolute Gasteiger partial charge is 0.464 e. The molecule has 1 fully saturated rings. The van der Waals surface area contributed by atoms with Crippen molar-refractivity contribution in [2.24, 2.45) is 0 Å². The smallest absolute Gasteiger partial charge is 0.412 e. The van der Waals surface area contributed by atoms with Crippen LogP contribution in [0.15, 0.2) is 41.0 Å². The standard InChI is InChI=1S/C22H22N2O5/c1-22(2,3)29-21(27)23-13-5-6-14-12(10-13)4-8-17-19(14)16(11-28-17)15-7-9-18(25)24-20(15)26/h4-6,8,10-11,15H,7,9H2,1-3H3,(H,23,27)(H,24,25,26). The van der Waals surface area contributed by atoms with E-state index in [1.54, 1.807) is 33.1 Å². The normalized spacial score (nSPS) is 17.4. The van der Waals surface area contributed by atoms with Gasteiger partial charge < -0.3 is 9.15 Å². The maximum absolute atomic E-state index is 12.3. The molecule has 2 N–H and O–H groups in total. The molecule has 3 aromatic rings. The van der Waals surface area contributed by atoms with Crippen molar-refractivity contribution < 1.29 is 23.5 Å². The Morgan fingerprint density at radius 3 is 2.72 bits per heavy atom. The van der Waals surface area contributed by atoms with Crippen LogP contribution in [0, 0.1) is 0 Å². The van der Waals surface area contributed by atoms with Gasteiger partial charge in [0.25, 0.3) is 0 Å². The number of carbonyl (C=O) groups is 3. The first kappa shape index (κ1) is 19.0. The van der Waals surface area contributed by atoms with Gasteiger partial charge >= 0.3 is 6.09 Å². The van der Waals surface area contributed by atoms with Crippen LogP contribution in [0.5, 0.6) is 0 Å². The molecule has 0 spiro atoms. The van der Waals surface area contributed by atoms with Gasteiger partial charge in [-0.15, -0.1) is 0 Å². The monoisotopic (exact) mass is 394 g/mol. The van der Waals surface area contributed by atoms with Crippen molar-refractivity contribution >= 4 is 45.3 Å². The summed E-state index contributed by atoms with van der Waals surface area (Å²) < 4.78 is 11.0. The Kier molecular flexibility index (Phi) is 4.53. The summed E-state index contributed by atoms with van der Waals surface area (Å²) in [7, 11) is 0. The molecular weight excluding hydrogens is 372 g/mol. The van der Waals surface area contributed by atoms with Gasteiger partial charge in [-0.25, -0.2) is 4.79 Å². The van der Waals surface area contributed by atoms with E-state index in [-0.39, 0.29) is 11.8 Å². The van der Waals surface area contributed by atoms with E-state index in [9.17, 15) is 14.4 Å². The number of ether oxygens (including phenoxy) is 1. The van der Waals surface area contributed by atoms with Gasteiger partial charge in [0.1, 0.15) is 11.2 Å². The first-order valence-electron chi connectivity index (χ1n) is 9.49. The highest BCUT2D eigenvalue weighted by Gasteiger charge is 2.31. The number of rotatable bonds is 2. The molecule has 1 aliphatic heterocycles. The molecule has 1 aliphatic rings. The summed E-state index contributed by atoms with van der Waals surface area (Å²) in [5.41, 5.74) is 1.46. The molecule has 1 unspecified atom stereocenters. The number of nitrogens with one attached hydrogen (secondary N) is 2. The summed E-state index contributed by atoms with van der Waals surface area (Å²) in [6.45, 7) is 5.41. The van der Waals surface area contributed by atoms with Gasteiger partial charge in [-0.3, -0.25) is 20.2 Å². The fourth-order valence-electron chi connectivity index (χ4n) is 3.64. The lowest BCUT2D eigenvalue weighted by atomic mass is 9.89. The number of hydrogen-bond acceptors (Lipinski definition) is 5. The van der Waals surface area contributed by atoms with Crippen LogP contribution in [0.25, 0.3) is 21.7 Å². The summed E-state index contributed by atoms with van der Waals surface area (Å²) in [5, 5.41) is 7.78. The summed E-state index contributed by atoms with van der Waals surface area (Å²) in [5.74, 6) is -0.981. The molecule has 2 heterocycles. The molecule has 1 aromatic heterocycles. The van der Waals surface area contributed by atoms with Gasteiger partial charge in [-0.2, -0.15) is 0 Å². The third-order valence-corrected chi connectivity index (χ3v) is 4.84. The molecule has 150 valence electrons. The van der Waals surface area contributed by atoms with Gasteiger partial charge in [-0.05, 0) is 56.2 Å². The van der Waals surface area contributed by atoms with Gasteiger partial charge in [0.05, 0.1) is 12.2 Å². The maximum atomic E-state index is 12.3. The molecule has 1 atom stereocenters. The number of fused-ring (bicyclic) bond motifs is 3. The van der Waals surface area contributed by atoms with Gasteiger partial charge in [0.15, 0.2) is 0 Å². The molecule has 7 heteroatoms. The average molecular weight is 394 g/mol. The maximum Gasteiger partial charge on any atom is 0.412 e. The molecule has 3 amide bonds. The minimum atomic E-state index is -0.583. The Hall–Kier alpha value is -3.35. The second-order valence-electron chi connectivity index (χ2n) is 8.20. The van der Waals surface area contributed by atoms with Crippen LogP contribution >= 0.6 is 0 Å². The average Bonchev–Trinajstić information content (AvgIpc) is 3.04. The number of carbonyl (C=O) groups excluding carboxylic acids is 3. The molecule has 2 aromatic carbocycles. The molecule has 29 heavy (non-hydrogen) atoms. The van der Waals surface area contributed by atoms with Crippen molar-refractivity contribution in [3.8, 4) is 0 Å². The van der Waals surface area contributed by atoms with Crippen LogP contribution in [-0.2, 0) is 14.3 Å². The Labute approximate surface area is 167 Å². The fraction of sp³-hybridized carbons (Fsp3) is 0.318. The first-order valence-corrected chi connectivity index (χ1v) is 9.49. The van der Waals surface area contributed by atoms with Crippen LogP contribution in [-0.4, -0.2) is 23.5 Å². The predicted octanol–water partition coefficient (Wildman–Crippen LogP) is 4.45. The van der Waals surface area contributed by atoms with Crippen molar-refractivity contribution in [3.05, 3.63) is 42.2 Å². The molecular formula is C22H22N2O5. The van der Waals surface area contributed by atoms with Crippen molar-refractivity contribution in [2.45, 2.75) is 45.1 Å². The summed E-state index contributed by atoms with van der Waals surface area (Å²) in [6, 6.07) is 9.25. The second-order valence-corrected chi connectivity index (χ2v) is 8.20. The molecule has 0 saturated carbocycles. The fourth-order valence-corrected chi connectivity index (χ4v) is 3.64. The number of furan rings is 1. The number of imide groups is 1. The van der Waals surface area contributed by atoms with Crippen LogP contribution in [0.2, 0.25) is 0 Å². The van der Waals surface area contributed by atoms with E-state index in [1.165, 1.54) is 0 Å². The van der Waals surface area contributed by atoms with Crippen LogP contribution in [0.3, 0.4) is 0 Å². The number of anilines is 1. The third kappa shape index (κ3) is 3.81. The lowest BCUT2D eigenvalue weighted by molar-refractivity contribution is -0.134. The van der Waals surface area contributed by atoms with Gasteiger partial charge in [0, 0.05) is 23.1 Å². The zero-order chi connectivity index (χ0) is 20.8. The van der Waals surface area contributed by atoms with Crippen molar-refractivity contribution in [1.29, 1.82) is 0 Å². The van der Waals surface area contributed by atoms with Crippen molar-refractivity contribution in [2.75, 3.05) is 5.32 Å². The van der Waals surface area contributed by atoms with E-state index in [4.69, 9.17) is 9.15 Å². The minimum absolute atomic E-state index is 0.248. The van der Waals surface area contributed by atoms with Crippen molar-refractivity contribution in [1.82, 2.24) is 5.32 Å². The molecule has 7 nitrogen and oxygen atoms in total. The Morgan fingerprint density at radius 2 is 2.00 bits per heavy atom. The zero-order valence-corrected chi connectivity index (χ0v) is 16.5. The third-order valence-electron chi connectivity index (χ3n) is 4.84. The highest BCUT2D eigenvalue weighted by Crippen LogP contribution is 2.37. The zero-order valence-electron chi connectivity index (χ0n) is 16.5. The van der Waals surface area contributed by atoms with Crippen molar-refractivity contribution in [3.63, 3.8) is 0 Å². The number of hydrogen-bond donors (Lipinski definition) is 2. The Bertz CT molecular complexity index is 1140. The highest BCUT2D eigenvalue weighted by molar-refractivity contribution is 6.11. The van der Waals surface area contributed by atoms with Crippen LogP contribution in [0.4, 0.5) is 10.5 Å². The molecule has 0 aliphatic carbocycles. The van der Waals surface area contributed by atoms with E-state index in [0.29, 0.717) is 24.1 Å². The number of amides is 3. The summed E-state index contributed by atoms with van der Waals surface area (Å²) in [4.78, 5) is 35.9. The van der Waals surface area contributed by atoms with E-state index in [1.807, 2.05) is 24.3 Å². The number of benzene rings is 2. The molecule has 0 bridgehead atoms. The molecule has 4 rings (SSSR count). The summed E-state index contributed by atoms with van der Waals surface area (Å²) in [6.07, 6.45) is 1.83. The number of piperidine rings is 1. The van der Waals surface area contributed by atoms with E-state index in [0.717, 1.165) is 21.7 Å². The topological polar surface area (TPSA) is 97.6 Å². The SMILES string of the molecule is CC(C)(C)OC(=O)Nc1ccc2c(ccc3occ(C4CCC(=O)NC4=O)c32)c1. The lowest BCUT2D eigenvalue weighted by Crippen LogP contribution is -2.39.